The Kier molecular flexibility index (Phi) is 10.2. The lowest BCUT2D eigenvalue weighted by molar-refractivity contribution is -0.0494. The van der Waals surface area contributed by atoms with Crippen molar-refractivity contribution in [1.29, 1.82) is 0 Å². The number of benzene rings is 3. The van der Waals surface area contributed by atoms with Crippen molar-refractivity contribution in [2.75, 3.05) is 18.4 Å². The van der Waals surface area contributed by atoms with E-state index in [0.717, 1.165) is 22.1 Å². The molecule has 3 heterocycles. The molecular weight excluding hydrogens is 675 g/mol. The van der Waals surface area contributed by atoms with E-state index in [1.54, 1.807) is 69.3 Å². The Morgan fingerprint density at radius 1 is 0.865 bits per heavy atom. The number of furan rings is 1. The molecule has 0 saturated carbocycles. The van der Waals surface area contributed by atoms with Crippen molar-refractivity contribution in [2.45, 2.75) is 58.2 Å². The number of piperidine rings is 1. The summed E-state index contributed by atoms with van der Waals surface area (Å²) in [6.45, 7) is 5.56. The molecule has 0 radical (unpaired) electrons. The number of rotatable bonds is 8. The molecule has 0 atom stereocenters. The quantitative estimate of drug-likeness (QED) is 0.148. The first-order valence-corrected chi connectivity index (χ1v) is 16.8. The molecule has 4 amide bonds. The zero-order valence-corrected chi connectivity index (χ0v) is 28.9. The number of halogens is 3. The Hall–Kier alpha value is -5.85. The zero-order chi connectivity index (χ0) is 37.0. The maximum atomic E-state index is 13.8. The molecule has 1 fully saturated rings. The first-order valence-electron chi connectivity index (χ1n) is 16.8. The van der Waals surface area contributed by atoms with Gasteiger partial charge in [-0.05, 0) is 91.6 Å². The molecular formula is C39H38F3N5O5. The Morgan fingerprint density at radius 2 is 1.54 bits per heavy atom. The number of fused-ring (bicyclic) bond motifs is 1. The maximum absolute atomic E-state index is 13.8. The third-order valence-electron chi connectivity index (χ3n) is 8.40. The molecule has 0 aliphatic carbocycles. The van der Waals surface area contributed by atoms with Crippen LogP contribution in [0, 0.1) is 5.82 Å². The van der Waals surface area contributed by atoms with E-state index in [1.165, 1.54) is 23.2 Å². The van der Waals surface area contributed by atoms with Gasteiger partial charge in [0.05, 0.1) is 6.54 Å². The summed E-state index contributed by atoms with van der Waals surface area (Å²) in [5.41, 5.74) is 4.05. The maximum Gasteiger partial charge on any atom is 0.413 e. The molecule has 3 aromatic carbocycles. The molecule has 10 nitrogen and oxygen atoms in total. The molecule has 13 heteroatoms. The fourth-order valence-electron chi connectivity index (χ4n) is 5.75. The van der Waals surface area contributed by atoms with E-state index >= 15 is 0 Å². The number of likely N-dealkylation sites (tertiary alicyclic amines) is 1. The predicted molar refractivity (Wildman–Crippen MR) is 190 cm³/mol. The zero-order valence-electron chi connectivity index (χ0n) is 28.9. The summed E-state index contributed by atoms with van der Waals surface area (Å²) >= 11 is 0. The van der Waals surface area contributed by atoms with Gasteiger partial charge in [-0.1, -0.05) is 30.3 Å². The van der Waals surface area contributed by atoms with Crippen molar-refractivity contribution in [3.63, 3.8) is 0 Å². The van der Waals surface area contributed by atoms with Crippen molar-refractivity contribution in [3.8, 4) is 22.3 Å². The molecule has 270 valence electrons. The molecule has 2 aromatic heterocycles. The average Bonchev–Trinajstić information content (AvgIpc) is 3.52. The van der Waals surface area contributed by atoms with Crippen LogP contribution in [0.2, 0.25) is 0 Å². The van der Waals surface area contributed by atoms with Crippen LogP contribution < -0.4 is 16.0 Å². The number of amides is 4. The normalized spacial score (nSPS) is 14.2. The van der Waals surface area contributed by atoms with Gasteiger partial charge in [-0.25, -0.2) is 27.7 Å². The number of anilines is 1. The molecule has 1 aliphatic rings. The summed E-state index contributed by atoms with van der Waals surface area (Å²) < 4.78 is 52.5. The lowest BCUT2D eigenvalue weighted by atomic mass is 9.96. The average molecular weight is 714 g/mol. The minimum Gasteiger partial charge on any atom is -0.459 e. The number of carbonyl (C=O) groups excluding carboxylic acids is 3. The number of hydrogen-bond donors (Lipinski definition) is 3. The lowest BCUT2D eigenvalue weighted by Gasteiger charge is -2.31. The fourth-order valence-corrected chi connectivity index (χ4v) is 5.75. The highest BCUT2D eigenvalue weighted by atomic mass is 19.3. The van der Waals surface area contributed by atoms with Gasteiger partial charge in [-0.15, -0.1) is 0 Å². The summed E-state index contributed by atoms with van der Waals surface area (Å²) in [6, 6.07) is 21.5. The van der Waals surface area contributed by atoms with Crippen LogP contribution in [0.3, 0.4) is 0 Å². The minimum absolute atomic E-state index is 0.00648. The SMILES string of the molecule is CC(C)(C)OC(=O)Nc1ccc(CNC(=O)NCc2cc3cc(-c4ccc(C(=O)N5CCC(F)(F)CC5)cc4)cc(-c4ccc(F)cc4)c3o2)cn1. The van der Waals surface area contributed by atoms with Crippen molar-refractivity contribution in [2.24, 2.45) is 0 Å². The van der Waals surface area contributed by atoms with E-state index in [1.807, 2.05) is 18.2 Å². The first kappa shape index (κ1) is 36.0. The summed E-state index contributed by atoms with van der Waals surface area (Å²) in [6.07, 6.45) is 0.219. The van der Waals surface area contributed by atoms with Crippen LogP contribution in [0.5, 0.6) is 0 Å². The van der Waals surface area contributed by atoms with Gasteiger partial charge in [-0.3, -0.25) is 10.1 Å². The van der Waals surface area contributed by atoms with Gasteiger partial charge in [0.15, 0.2) is 0 Å². The summed E-state index contributed by atoms with van der Waals surface area (Å²) in [7, 11) is 0. The standard InChI is InChI=1S/C39H38F3N5O5/c1-38(2,3)52-37(50)46-33-13-4-24(21-43-33)22-44-36(49)45-23-31-19-29-18-28(20-32(34(29)51-31)26-9-11-30(40)12-10-26)25-5-7-27(8-6-25)35(48)47-16-14-39(41,42)15-17-47/h4-13,18-21H,14-17,22-23H2,1-3H3,(H,43,46,50)(H2,44,45,49). The molecule has 0 unspecified atom stereocenters. The van der Waals surface area contributed by atoms with E-state index in [0.29, 0.717) is 33.9 Å². The number of aromatic nitrogens is 1. The summed E-state index contributed by atoms with van der Waals surface area (Å²) in [4.78, 5) is 43.3. The van der Waals surface area contributed by atoms with Crippen LogP contribution in [0.1, 0.15) is 55.3 Å². The highest BCUT2D eigenvalue weighted by molar-refractivity contribution is 5.98. The fraction of sp³-hybridized carbons (Fsp3) is 0.282. The van der Waals surface area contributed by atoms with Crippen LogP contribution in [0.25, 0.3) is 33.2 Å². The first-order chi connectivity index (χ1) is 24.7. The Bertz CT molecular complexity index is 2070. The Balaban J connectivity index is 1.13. The number of ether oxygens (including phenoxy) is 1. The number of nitrogens with one attached hydrogen (secondary N) is 3. The largest absolute Gasteiger partial charge is 0.459 e. The molecule has 3 N–H and O–H groups in total. The van der Waals surface area contributed by atoms with Crippen molar-refractivity contribution < 1.29 is 36.7 Å². The van der Waals surface area contributed by atoms with Crippen molar-refractivity contribution in [3.05, 3.63) is 108 Å². The highest BCUT2D eigenvalue weighted by Crippen LogP contribution is 2.36. The highest BCUT2D eigenvalue weighted by Gasteiger charge is 2.35. The van der Waals surface area contributed by atoms with Crippen LogP contribution in [-0.2, 0) is 17.8 Å². The smallest absolute Gasteiger partial charge is 0.413 e. The van der Waals surface area contributed by atoms with Gasteiger partial charge < -0.3 is 24.7 Å². The molecule has 1 aliphatic heterocycles. The van der Waals surface area contributed by atoms with E-state index in [-0.39, 0.29) is 50.7 Å². The van der Waals surface area contributed by atoms with E-state index in [4.69, 9.17) is 9.15 Å². The molecule has 0 spiro atoms. The predicted octanol–water partition coefficient (Wildman–Crippen LogP) is 8.52. The van der Waals surface area contributed by atoms with Crippen LogP contribution >= 0.6 is 0 Å². The second-order valence-corrected chi connectivity index (χ2v) is 13.6. The van der Waals surface area contributed by atoms with Crippen LogP contribution in [0.15, 0.2) is 89.5 Å². The van der Waals surface area contributed by atoms with E-state index in [2.05, 4.69) is 20.9 Å². The Morgan fingerprint density at radius 3 is 2.19 bits per heavy atom. The third kappa shape index (κ3) is 9.08. The van der Waals surface area contributed by atoms with Gasteiger partial charge >= 0.3 is 12.1 Å². The summed E-state index contributed by atoms with van der Waals surface area (Å²) in [5.74, 6) is -2.62. The van der Waals surface area contributed by atoms with E-state index < -0.39 is 23.6 Å². The van der Waals surface area contributed by atoms with Crippen molar-refractivity contribution in [1.82, 2.24) is 20.5 Å². The monoisotopic (exact) mass is 713 g/mol. The number of nitrogens with zero attached hydrogens (tertiary/aromatic N) is 2. The second kappa shape index (κ2) is 14.8. The number of carbonyl (C=O) groups is 3. The number of pyridine rings is 1. The molecule has 1 saturated heterocycles. The van der Waals surface area contributed by atoms with Gasteiger partial charge in [0.25, 0.3) is 11.8 Å². The number of hydrogen-bond acceptors (Lipinski definition) is 6. The summed E-state index contributed by atoms with van der Waals surface area (Å²) in [5, 5.41) is 8.85. The molecule has 5 aromatic rings. The number of alkyl halides is 2. The topological polar surface area (TPSA) is 126 Å². The minimum atomic E-state index is -2.74. The molecule has 0 bridgehead atoms. The lowest BCUT2D eigenvalue weighted by Crippen LogP contribution is -2.42. The Labute approximate surface area is 298 Å². The van der Waals surface area contributed by atoms with Crippen LogP contribution in [-0.4, -0.2) is 52.5 Å². The van der Waals surface area contributed by atoms with Gasteiger partial charge in [0, 0.05) is 55.2 Å². The third-order valence-corrected chi connectivity index (χ3v) is 8.40. The van der Waals surface area contributed by atoms with Gasteiger partial charge in [0.2, 0.25) is 0 Å². The van der Waals surface area contributed by atoms with Gasteiger partial charge in [-0.2, -0.15) is 0 Å². The molecule has 52 heavy (non-hydrogen) atoms. The second-order valence-electron chi connectivity index (χ2n) is 13.6. The van der Waals surface area contributed by atoms with Gasteiger partial charge in [0.1, 0.15) is 28.6 Å². The van der Waals surface area contributed by atoms with E-state index in [9.17, 15) is 27.6 Å². The van der Waals surface area contributed by atoms with Crippen LogP contribution in [0.4, 0.5) is 28.6 Å². The number of urea groups is 1. The molecule has 6 rings (SSSR count). The van der Waals surface area contributed by atoms with Crippen molar-refractivity contribution >= 4 is 34.8 Å².